The summed E-state index contributed by atoms with van der Waals surface area (Å²) >= 11 is 0. The number of aliphatic carboxylic acids is 1. The summed E-state index contributed by atoms with van der Waals surface area (Å²) in [5, 5.41) is 8.86. The third-order valence-electron chi connectivity index (χ3n) is 3.34. The molecule has 0 aromatic carbocycles. The second-order valence-electron chi connectivity index (χ2n) is 5.14. The van der Waals surface area contributed by atoms with Crippen LogP contribution in [0.2, 0.25) is 0 Å². The van der Waals surface area contributed by atoms with E-state index in [4.69, 9.17) is 14.6 Å². The third kappa shape index (κ3) is 3.40. The maximum Gasteiger partial charge on any atom is 0.332 e. The highest BCUT2D eigenvalue weighted by molar-refractivity contribution is 5.72. The molecule has 0 radical (unpaired) electrons. The smallest absolute Gasteiger partial charge is 0.332 e. The minimum atomic E-state index is -0.837. The lowest BCUT2D eigenvalue weighted by Crippen LogP contribution is -2.48. The van der Waals surface area contributed by atoms with E-state index in [2.05, 4.69) is 18.7 Å². The fourth-order valence-electron chi connectivity index (χ4n) is 2.74. The molecule has 2 fully saturated rings. The van der Waals surface area contributed by atoms with Crippen molar-refractivity contribution in [3.63, 3.8) is 0 Å². The lowest BCUT2D eigenvalue weighted by molar-refractivity contribution is -0.150. The Hall–Kier alpha value is -0.650. The monoisotopic (exact) mass is 243 g/mol. The summed E-state index contributed by atoms with van der Waals surface area (Å²) < 4.78 is 11.2. The van der Waals surface area contributed by atoms with Gasteiger partial charge >= 0.3 is 5.97 Å². The van der Waals surface area contributed by atoms with Crippen LogP contribution in [-0.2, 0) is 14.3 Å². The predicted octanol–water partition coefficient (Wildman–Crippen LogP) is 0.728. The lowest BCUT2D eigenvalue weighted by Gasteiger charge is -2.36. The molecule has 0 amide bonds. The number of carboxylic acids is 1. The zero-order chi connectivity index (χ0) is 12.4. The van der Waals surface area contributed by atoms with E-state index in [1.807, 2.05) is 0 Å². The van der Waals surface area contributed by atoms with Gasteiger partial charge in [-0.3, -0.25) is 4.90 Å². The van der Waals surface area contributed by atoms with Crippen LogP contribution in [0.15, 0.2) is 0 Å². The summed E-state index contributed by atoms with van der Waals surface area (Å²) in [7, 11) is 0. The van der Waals surface area contributed by atoms with E-state index in [0.717, 1.165) is 26.1 Å². The van der Waals surface area contributed by atoms with Gasteiger partial charge in [-0.1, -0.05) is 0 Å². The fourth-order valence-corrected chi connectivity index (χ4v) is 2.74. The van der Waals surface area contributed by atoms with Crippen molar-refractivity contribution < 1.29 is 19.4 Å². The van der Waals surface area contributed by atoms with E-state index in [9.17, 15) is 4.79 Å². The number of ether oxygens (including phenoxy) is 2. The first-order valence-electron chi connectivity index (χ1n) is 6.30. The van der Waals surface area contributed by atoms with Crippen LogP contribution in [0.5, 0.6) is 0 Å². The van der Waals surface area contributed by atoms with Crippen molar-refractivity contribution in [1.82, 2.24) is 4.90 Å². The van der Waals surface area contributed by atoms with E-state index >= 15 is 0 Å². The molecule has 2 rings (SSSR count). The summed E-state index contributed by atoms with van der Waals surface area (Å²) in [6.07, 6.45) is 1.43. The van der Waals surface area contributed by atoms with E-state index in [-0.39, 0.29) is 18.3 Å². The van der Waals surface area contributed by atoms with E-state index in [1.165, 1.54) is 0 Å². The molecule has 0 spiro atoms. The Bertz CT molecular complexity index is 274. The van der Waals surface area contributed by atoms with Gasteiger partial charge in [0.25, 0.3) is 0 Å². The van der Waals surface area contributed by atoms with Gasteiger partial charge in [0.15, 0.2) is 6.10 Å². The van der Waals surface area contributed by atoms with Gasteiger partial charge in [0.05, 0.1) is 18.3 Å². The van der Waals surface area contributed by atoms with Gasteiger partial charge in [0.2, 0.25) is 0 Å². The number of hydrogen-bond donors (Lipinski definition) is 1. The molecule has 2 aliphatic heterocycles. The molecule has 2 unspecified atom stereocenters. The predicted molar refractivity (Wildman–Crippen MR) is 62.0 cm³/mol. The zero-order valence-corrected chi connectivity index (χ0v) is 10.5. The van der Waals surface area contributed by atoms with E-state index in [1.54, 1.807) is 0 Å². The molecule has 5 heteroatoms. The summed E-state index contributed by atoms with van der Waals surface area (Å²) in [5.74, 6) is -0.837. The first kappa shape index (κ1) is 12.8. The number of carboxylic acid groups (broad SMARTS) is 1. The molecular formula is C12H21NO4. The average molecular weight is 243 g/mol. The van der Waals surface area contributed by atoms with Crippen LogP contribution in [-0.4, -0.2) is 60.0 Å². The zero-order valence-electron chi connectivity index (χ0n) is 10.5. The van der Waals surface area contributed by atoms with Crippen LogP contribution in [0, 0.1) is 0 Å². The minimum absolute atomic E-state index is 0.0635. The van der Waals surface area contributed by atoms with Gasteiger partial charge < -0.3 is 14.6 Å². The molecular weight excluding hydrogens is 222 g/mol. The van der Waals surface area contributed by atoms with E-state index in [0.29, 0.717) is 6.42 Å². The first-order chi connectivity index (χ1) is 8.04. The molecule has 98 valence electrons. The van der Waals surface area contributed by atoms with Crippen molar-refractivity contribution in [2.24, 2.45) is 0 Å². The maximum atomic E-state index is 10.8. The Labute approximate surface area is 102 Å². The van der Waals surface area contributed by atoms with Gasteiger partial charge in [-0.2, -0.15) is 0 Å². The minimum Gasteiger partial charge on any atom is -0.479 e. The number of rotatable bonds is 3. The van der Waals surface area contributed by atoms with Crippen LogP contribution in [0.1, 0.15) is 26.7 Å². The van der Waals surface area contributed by atoms with Crippen molar-refractivity contribution in [1.29, 1.82) is 0 Å². The topological polar surface area (TPSA) is 59.0 Å². The highest BCUT2D eigenvalue weighted by Gasteiger charge is 2.33. The maximum absolute atomic E-state index is 10.8. The number of hydrogen-bond acceptors (Lipinski definition) is 4. The summed E-state index contributed by atoms with van der Waals surface area (Å²) in [6.45, 7) is 6.77. The Balaban J connectivity index is 1.79. The molecule has 0 aromatic heterocycles. The standard InChI is InChI=1S/C12H21NO4/c1-8-5-13(6-9(2)16-8)7-10-3-4-11(17-10)12(14)15/h8-11H,3-7H2,1-2H3,(H,14,15)/t8-,9+,10?,11?. The quantitative estimate of drug-likeness (QED) is 0.791. The Morgan fingerprint density at radius 3 is 2.41 bits per heavy atom. The average Bonchev–Trinajstić information content (AvgIpc) is 2.64. The number of morpholine rings is 1. The summed E-state index contributed by atoms with van der Waals surface area (Å²) in [4.78, 5) is 13.1. The van der Waals surface area contributed by atoms with Crippen LogP contribution in [0.3, 0.4) is 0 Å². The molecule has 4 atom stereocenters. The van der Waals surface area contributed by atoms with Crippen molar-refractivity contribution in [2.45, 2.75) is 51.1 Å². The molecule has 2 saturated heterocycles. The van der Waals surface area contributed by atoms with Gasteiger partial charge in [0, 0.05) is 19.6 Å². The normalized spacial score (nSPS) is 39.4. The fraction of sp³-hybridized carbons (Fsp3) is 0.917. The van der Waals surface area contributed by atoms with Crippen molar-refractivity contribution in [2.75, 3.05) is 19.6 Å². The summed E-state index contributed by atoms with van der Waals surface area (Å²) in [5.41, 5.74) is 0. The molecule has 2 heterocycles. The summed E-state index contributed by atoms with van der Waals surface area (Å²) in [6, 6.07) is 0. The SMILES string of the molecule is C[C@@H]1CN(CC2CCC(C(=O)O)O2)C[C@H](C)O1. The molecule has 17 heavy (non-hydrogen) atoms. The van der Waals surface area contributed by atoms with Crippen LogP contribution >= 0.6 is 0 Å². The molecule has 5 nitrogen and oxygen atoms in total. The molecule has 0 bridgehead atoms. The first-order valence-corrected chi connectivity index (χ1v) is 6.30. The van der Waals surface area contributed by atoms with Crippen molar-refractivity contribution >= 4 is 5.97 Å². The van der Waals surface area contributed by atoms with Crippen LogP contribution in [0.25, 0.3) is 0 Å². The van der Waals surface area contributed by atoms with Crippen LogP contribution < -0.4 is 0 Å². The highest BCUT2D eigenvalue weighted by atomic mass is 16.5. The Kier molecular flexibility index (Phi) is 4.01. The second kappa shape index (κ2) is 5.33. The Morgan fingerprint density at radius 1 is 1.24 bits per heavy atom. The number of carbonyl (C=O) groups is 1. The second-order valence-corrected chi connectivity index (χ2v) is 5.14. The van der Waals surface area contributed by atoms with Gasteiger partial charge in [-0.25, -0.2) is 4.79 Å². The highest BCUT2D eigenvalue weighted by Crippen LogP contribution is 2.22. The van der Waals surface area contributed by atoms with Gasteiger partial charge in [0.1, 0.15) is 0 Å². The van der Waals surface area contributed by atoms with Gasteiger partial charge in [-0.05, 0) is 26.7 Å². The lowest BCUT2D eigenvalue weighted by atomic mass is 10.1. The molecule has 0 saturated carbocycles. The largest absolute Gasteiger partial charge is 0.479 e. The van der Waals surface area contributed by atoms with Crippen molar-refractivity contribution in [3.05, 3.63) is 0 Å². The van der Waals surface area contributed by atoms with E-state index < -0.39 is 12.1 Å². The molecule has 0 aromatic rings. The van der Waals surface area contributed by atoms with Crippen molar-refractivity contribution in [3.8, 4) is 0 Å². The molecule has 2 aliphatic rings. The molecule has 1 N–H and O–H groups in total. The number of nitrogens with zero attached hydrogens (tertiary/aromatic N) is 1. The third-order valence-corrected chi connectivity index (χ3v) is 3.34. The molecule has 0 aliphatic carbocycles. The Morgan fingerprint density at radius 2 is 1.88 bits per heavy atom. The van der Waals surface area contributed by atoms with Gasteiger partial charge in [-0.15, -0.1) is 0 Å². The van der Waals surface area contributed by atoms with Crippen LogP contribution in [0.4, 0.5) is 0 Å².